The minimum absolute atomic E-state index is 0.498. The van der Waals surface area contributed by atoms with Crippen molar-refractivity contribution < 1.29 is 4.52 Å². The molecule has 0 aliphatic rings. The van der Waals surface area contributed by atoms with Crippen molar-refractivity contribution in [2.24, 2.45) is 5.73 Å². The van der Waals surface area contributed by atoms with E-state index < -0.39 is 0 Å². The summed E-state index contributed by atoms with van der Waals surface area (Å²) in [7, 11) is 0. The number of hydrogen-bond donors (Lipinski definition) is 1. The molecular weight excluding hydrogens is 262 g/mol. The van der Waals surface area contributed by atoms with E-state index in [1.165, 1.54) is 11.1 Å². The summed E-state index contributed by atoms with van der Waals surface area (Å²) in [6.45, 7) is 2.58. The minimum atomic E-state index is 0.498. The molecule has 106 valence electrons. The van der Waals surface area contributed by atoms with Crippen LogP contribution in [0, 0.1) is 6.92 Å². The normalized spacial score (nSPS) is 10.8. The maximum atomic E-state index is 5.65. The molecule has 0 saturated carbocycles. The molecule has 3 aromatic rings. The first-order valence-electron chi connectivity index (χ1n) is 6.93. The van der Waals surface area contributed by atoms with Crippen LogP contribution in [0.3, 0.4) is 0 Å². The van der Waals surface area contributed by atoms with E-state index in [0.29, 0.717) is 24.7 Å². The van der Waals surface area contributed by atoms with E-state index in [4.69, 9.17) is 10.3 Å². The highest BCUT2D eigenvalue weighted by Gasteiger charge is 2.10. The number of rotatable bonds is 4. The van der Waals surface area contributed by atoms with Gasteiger partial charge < -0.3 is 10.3 Å². The van der Waals surface area contributed by atoms with Crippen molar-refractivity contribution in [2.45, 2.75) is 19.9 Å². The van der Waals surface area contributed by atoms with Crippen LogP contribution in [-0.2, 0) is 13.0 Å². The summed E-state index contributed by atoms with van der Waals surface area (Å²) < 4.78 is 5.36. The lowest BCUT2D eigenvalue weighted by atomic mass is 10.1. The Morgan fingerprint density at radius 3 is 2.76 bits per heavy atom. The predicted molar refractivity (Wildman–Crippen MR) is 81.6 cm³/mol. The molecule has 0 aliphatic carbocycles. The smallest absolute Gasteiger partial charge is 0.257 e. The van der Waals surface area contributed by atoms with Gasteiger partial charge >= 0.3 is 0 Å². The van der Waals surface area contributed by atoms with E-state index in [1.54, 1.807) is 0 Å². The first-order valence-corrected chi connectivity index (χ1v) is 6.93. The lowest BCUT2D eigenvalue weighted by Crippen LogP contribution is -1.96. The van der Waals surface area contributed by atoms with Gasteiger partial charge in [0.05, 0.1) is 0 Å². The van der Waals surface area contributed by atoms with Gasteiger partial charge in [-0.05, 0) is 35.7 Å². The highest BCUT2D eigenvalue weighted by atomic mass is 16.5. The van der Waals surface area contributed by atoms with E-state index >= 15 is 0 Å². The topological polar surface area (TPSA) is 64.9 Å². The van der Waals surface area contributed by atoms with E-state index in [2.05, 4.69) is 29.2 Å². The quantitative estimate of drug-likeness (QED) is 0.797. The first kappa shape index (κ1) is 13.5. The fraction of sp³-hybridized carbons (Fsp3) is 0.176. The third-order valence-electron chi connectivity index (χ3n) is 3.49. The summed E-state index contributed by atoms with van der Waals surface area (Å²) >= 11 is 0. The van der Waals surface area contributed by atoms with Gasteiger partial charge in [-0.3, -0.25) is 0 Å². The summed E-state index contributed by atoms with van der Waals surface area (Å²) in [5, 5.41) is 4.07. The number of nitrogens with zero attached hydrogens (tertiary/aromatic N) is 2. The SMILES string of the molecule is Cc1ccccc1Cc1noc(-c2cccc(CN)c2)n1. The van der Waals surface area contributed by atoms with E-state index in [9.17, 15) is 0 Å². The Balaban J connectivity index is 1.85. The molecule has 1 aromatic heterocycles. The van der Waals surface area contributed by atoms with Crippen LogP contribution in [0.4, 0.5) is 0 Å². The standard InChI is InChI=1S/C17H17N3O/c1-12-5-2-3-7-14(12)10-16-19-17(21-20-16)15-8-4-6-13(9-15)11-18/h2-9H,10-11,18H2,1H3. The Bertz CT molecular complexity index is 749. The summed E-state index contributed by atoms with van der Waals surface area (Å²) in [6.07, 6.45) is 0.673. The Morgan fingerprint density at radius 1 is 1.10 bits per heavy atom. The third kappa shape index (κ3) is 3.01. The number of benzene rings is 2. The first-order chi connectivity index (χ1) is 10.3. The van der Waals surface area contributed by atoms with E-state index in [-0.39, 0.29) is 0 Å². The molecule has 1 heterocycles. The minimum Gasteiger partial charge on any atom is -0.334 e. The summed E-state index contributed by atoms with van der Waals surface area (Å²) in [6, 6.07) is 16.1. The average Bonchev–Trinajstić information content (AvgIpc) is 2.98. The second-order valence-corrected chi connectivity index (χ2v) is 5.02. The number of aryl methyl sites for hydroxylation is 1. The van der Waals surface area contributed by atoms with Crippen LogP contribution in [0.5, 0.6) is 0 Å². The molecule has 0 atom stereocenters. The van der Waals surface area contributed by atoms with Crippen LogP contribution < -0.4 is 5.73 Å². The second-order valence-electron chi connectivity index (χ2n) is 5.02. The largest absolute Gasteiger partial charge is 0.334 e. The van der Waals surface area contributed by atoms with Crippen LogP contribution in [0.2, 0.25) is 0 Å². The van der Waals surface area contributed by atoms with Crippen LogP contribution in [-0.4, -0.2) is 10.1 Å². The molecule has 0 aliphatic heterocycles. The molecular formula is C17H17N3O. The molecule has 21 heavy (non-hydrogen) atoms. The van der Waals surface area contributed by atoms with Gasteiger partial charge in [0.1, 0.15) is 0 Å². The molecule has 0 saturated heterocycles. The Morgan fingerprint density at radius 2 is 1.95 bits per heavy atom. The van der Waals surface area contributed by atoms with Gasteiger partial charge in [-0.15, -0.1) is 0 Å². The number of nitrogens with two attached hydrogens (primary N) is 1. The van der Waals surface area contributed by atoms with Crippen molar-refractivity contribution in [2.75, 3.05) is 0 Å². The number of aromatic nitrogens is 2. The molecule has 0 amide bonds. The van der Waals surface area contributed by atoms with E-state index in [0.717, 1.165) is 11.1 Å². The van der Waals surface area contributed by atoms with Gasteiger partial charge in [-0.2, -0.15) is 4.98 Å². The van der Waals surface area contributed by atoms with Gasteiger partial charge in [-0.1, -0.05) is 41.6 Å². The van der Waals surface area contributed by atoms with E-state index in [1.807, 2.05) is 36.4 Å². The Hall–Kier alpha value is -2.46. The summed E-state index contributed by atoms with van der Waals surface area (Å²) in [4.78, 5) is 4.47. The number of hydrogen-bond acceptors (Lipinski definition) is 4. The van der Waals surface area contributed by atoms with Gasteiger partial charge in [-0.25, -0.2) is 0 Å². The zero-order valence-electron chi connectivity index (χ0n) is 11.9. The zero-order valence-corrected chi connectivity index (χ0v) is 11.9. The molecule has 4 heteroatoms. The fourth-order valence-electron chi connectivity index (χ4n) is 2.25. The van der Waals surface area contributed by atoms with Gasteiger partial charge in [0, 0.05) is 18.5 Å². The van der Waals surface area contributed by atoms with Crippen molar-refractivity contribution in [1.82, 2.24) is 10.1 Å². The summed E-state index contributed by atoms with van der Waals surface area (Å²) in [5.41, 5.74) is 10.0. The van der Waals surface area contributed by atoms with Gasteiger partial charge in [0.2, 0.25) is 0 Å². The molecule has 2 aromatic carbocycles. The maximum absolute atomic E-state index is 5.65. The highest BCUT2D eigenvalue weighted by molar-refractivity contribution is 5.54. The van der Waals surface area contributed by atoms with Crippen molar-refractivity contribution in [3.63, 3.8) is 0 Å². The molecule has 2 N–H and O–H groups in total. The van der Waals surface area contributed by atoms with Crippen LogP contribution in [0.1, 0.15) is 22.5 Å². The Labute approximate surface area is 123 Å². The van der Waals surface area contributed by atoms with Crippen LogP contribution >= 0.6 is 0 Å². The molecule has 0 spiro atoms. The van der Waals surface area contributed by atoms with Crippen molar-refractivity contribution >= 4 is 0 Å². The molecule has 4 nitrogen and oxygen atoms in total. The Kier molecular flexibility index (Phi) is 3.79. The highest BCUT2D eigenvalue weighted by Crippen LogP contribution is 2.20. The lowest BCUT2D eigenvalue weighted by molar-refractivity contribution is 0.424. The molecule has 3 rings (SSSR count). The van der Waals surface area contributed by atoms with Gasteiger partial charge in [0.15, 0.2) is 5.82 Å². The molecule has 0 fully saturated rings. The summed E-state index contributed by atoms with van der Waals surface area (Å²) in [5.74, 6) is 1.23. The molecule has 0 radical (unpaired) electrons. The average molecular weight is 279 g/mol. The second kappa shape index (κ2) is 5.89. The van der Waals surface area contributed by atoms with Crippen molar-refractivity contribution in [3.05, 3.63) is 71.0 Å². The monoisotopic (exact) mass is 279 g/mol. The third-order valence-corrected chi connectivity index (χ3v) is 3.49. The van der Waals surface area contributed by atoms with Crippen LogP contribution in [0.15, 0.2) is 53.1 Å². The van der Waals surface area contributed by atoms with Crippen molar-refractivity contribution in [3.8, 4) is 11.5 Å². The van der Waals surface area contributed by atoms with Gasteiger partial charge in [0.25, 0.3) is 5.89 Å². The predicted octanol–water partition coefficient (Wildman–Crippen LogP) is 3.09. The lowest BCUT2D eigenvalue weighted by Gasteiger charge is -2.01. The molecule has 0 bridgehead atoms. The zero-order chi connectivity index (χ0) is 14.7. The fourth-order valence-corrected chi connectivity index (χ4v) is 2.25. The molecule has 0 unspecified atom stereocenters. The van der Waals surface area contributed by atoms with Crippen molar-refractivity contribution in [1.29, 1.82) is 0 Å². The van der Waals surface area contributed by atoms with Crippen LogP contribution in [0.25, 0.3) is 11.5 Å². The maximum Gasteiger partial charge on any atom is 0.257 e.